The van der Waals surface area contributed by atoms with Crippen LogP contribution in [0.3, 0.4) is 0 Å². The standard InChI is InChI=1S/C18H18Cl2N2O3S/c19-14-6-16-17(7-15(14)20)22(11-25-13(8-23)9-24)18(21-16)26-10-12-4-2-1-3-5-12/h1-7,13,23-24H,8-11H2. The van der Waals surface area contributed by atoms with E-state index in [1.54, 1.807) is 23.9 Å². The van der Waals surface area contributed by atoms with Gasteiger partial charge in [-0.1, -0.05) is 65.3 Å². The molecule has 0 saturated heterocycles. The van der Waals surface area contributed by atoms with E-state index in [0.717, 1.165) is 16.4 Å². The molecule has 8 heteroatoms. The normalized spacial score (nSPS) is 11.6. The molecule has 0 aliphatic carbocycles. The molecule has 3 aromatic rings. The van der Waals surface area contributed by atoms with Crippen LogP contribution in [0.4, 0.5) is 0 Å². The van der Waals surface area contributed by atoms with Crippen LogP contribution in [-0.4, -0.2) is 39.1 Å². The highest BCUT2D eigenvalue weighted by Crippen LogP contribution is 2.32. The molecular formula is C18H18Cl2N2O3S. The highest BCUT2D eigenvalue weighted by Gasteiger charge is 2.16. The Labute approximate surface area is 165 Å². The van der Waals surface area contributed by atoms with Crippen LogP contribution in [-0.2, 0) is 17.2 Å². The quantitative estimate of drug-likeness (QED) is 0.548. The number of hydrogen-bond donors (Lipinski definition) is 2. The van der Waals surface area contributed by atoms with Crippen molar-refractivity contribution in [2.75, 3.05) is 13.2 Å². The molecule has 0 fully saturated rings. The highest BCUT2D eigenvalue weighted by molar-refractivity contribution is 7.98. The summed E-state index contributed by atoms with van der Waals surface area (Å²) in [7, 11) is 0. The molecule has 0 amide bonds. The molecule has 0 unspecified atom stereocenters. The zero-order chi connectivity index (χ0) is 18.5. The Morgan fingerprint density at radius 3 is 2.46 bits per heavy atom. The van der Waals surface area contributed by atoms with Crippen molar-refractivity contribution in [3.8, 4) is 0 Å². The topological polar surface area (TPSA) is 67.5 Å². The Balaban J connectivity index is 1.90. The van der Waals surface area contributed by atoms with Crippen molar-refractivity contribution in [3.63, 3.8) is 0 Å². The van der Waals surface area contributed by atoms with Gasteiger partial charge < -0.3 is 14.9 Å². The zero-order valence-electron chi connectivity index (χ0n) is 13.8. The van der Waals surface area contributed by atoms with Gasteiger partial charge in [-0.15, -0.1) is 0 Å². The number of thioether (sulfide) groups is 1. The van der Waals surface area contributed by atoms with Crippen LogP contribution < -0.4 is 0 Å². The van der Waals surface area contributed by atoms with Crippen molar-refractivity contribution >= 4 is 46.0 Å². The molecule has 1 aromatic heterocycles. The molecular weight excluding hydrogens is 395 g/mol. The summed E-state index contributed by atoms with van der Waals surface area (Å²) in [6.45, 7) is -0.387. The number of halogens is 2. The smallest absolute Gasteiger partial charge is 0.171 e. The van der Waals surface area contributed by atoms with Crippen LogP contribution >= 0.6 is 35.0 Å². The van der Waals surface area contributed by atoms with E-state index in [2.05, 4.69) is 17.1 Å². The molecule has 5 nitrogen and oxygen atoms in total. The first kappa shape index (κ1) is 19.5. The van der Waals surface area contributed by atoms with E-state index in [1.807, 2.05) is 22.8 Å². The molecule has 26 heavy (non-hydrogen) atoms. The zero-order valence-corrected chi connectivity index (χ0v) is 16.1. The van der Waals surface area contributed by atoms with Crippen LogP contribution in [0.15, 0.2) is 47.6 Å². The van der Waals surface area contributed by atoms with Crippen LogP contribution in [0.5, 0.6) is 0 Å². The van der Waals surface area contributed by atoms with E-state index in [4.69, 9.17) is 27.9 Å². The number of imidazole rings is 1. The Hall–Kier alpha value is -1.28. The molecule has 2 N–H and O–H groups in total. The van der Waals surface area contributed by atoms with E-state index < -0.39 is 6.10 Å². The van der Waals surface area contributed by atoms with Crippen molar-refractivity contribution in [3.05, 3.63) is 58.1 Å². The summed E-state index contributed by atoms with van der Waals surface area (Å²) < 4.78 is 7.45. The van der Waals surface area contributed by atoms with Gasteiger partial charge in [0.1, 0.15) is 12.8 Å². The molecule has 0 radical (unpaired) electrons. The maximum atomic E-state index is 9.22. The molecule has 3 rings (SSSR count). The third-order valence-corrected chi connectivity index (χ3v) is 5.58. The second-order valence-corrected chi connectivity index (χ2v) is 7.39. The largest absolute Gasteiger partial charge is 0.394 e. The minimum Gasteiger partial charge on any atom is -0.394 e. The predicted molar refractivity (Wildman–Crippen MR) is 105 cm³/mol. The molecule has 0 bridgehead atoms. The Morgan fingerprint density at radius 1 is 1.08 bits per heavy atom. The van der Waals surface area contributed by atoms with E-state index in [9.17, 15) is 10.2 Å². The van der Waals surface area contributed by atoms with Gasteiger partial charge in [0.25, 0.3) is 0 Å². The average Bonchev–Trinajstić information content (AvgIpc) is 2.98. The maximum absolute atomic E-state index is 9.22. The van der Waals surface area contributed by atoms with E-state index >= 15 is 0 Å². The number of hydrogen-bond acceptors (Lipinski definition) is 5. The van der Waals surface area contributed by atoms with E-state index in [-0.39, 0.29) is 19.9 Å². The summed E-state index contributed by atoms with van der Waals surface area (Å²) in [6.07, 6.45) is -0.651. The van der Waals surface area contributed by atoms with Gasteiger partial charge in [-0.25, -0.2) is 4.98 Å². The van der Waals surface area contributed by atoms with Gasteiger partial charge in [0.15, 0.2) is 5.16 Å². The van der Waals surface area contributed by atoms with Crippen LogP contribution in [0, 0.1) is 0 Å². The van der Waals surface area contributed by atoms with Gasteiger partial charge in [0.05, 0.1) is 34.3 Å². The second kappa shape index (κ2) is 9.08. The summed E-state index contributed by atoms with van der Waals surface area (Å²) >= 11 is 13.8. The number of nitrogens with zero attached hydrogens (tertiary/aromatic N) is 2. The van der Waals surface area contributed by atoms with Gasteiger partial charge in [-0.05, 0) is 17.7 Å². The molecule has 0 spiro atoms. The number of fused-ring (bicyclic) bond motifs is 1. The first-order valence-corrected chi connectivity index (χ1v) is 9.72. The molecule has 0 aliphatic rings. The minimum atomic E-state index is -0.651. The number of ether oxygens (including phenoxy) is 1. The fourth-order valence-electron chi connectivity index (χ4n) is 2.40. The fourth-order valence-corrected chi connectivity index (χ4v) is 3.67. The predicted octanol–water partition coefficient (Wildman–Crippen LogP) is 3.96. The number of aliphatic hydroxyl groups is 2. The number of benzene rings is 2. The first-order valence-electron chi connectivity index (χ1n) is 7.97. The minimum absolute atomic E-state index is 0.136. The van der Waals surface area contributed by atoms with Gasteiger partial charge in [-0.2, -0.15) is 0 Å². The third kappa shape index (κ3) is 4.52. The molecule has 2 aromatic carbocycles. The summed E-state index contributed by atoms with van der Waals surface area (Å²) in [5.41, 5.74) is 2.67. The van der Waals surface area contributed by atoms with Gasteiger partial charge in [0, 0.05) is 5.75 Å². The number of rotatable bonds is 8. The second-order valence-electron chi connectivity index (χ2n) is 5.63. The summed E-state index contributed by atoms with van der Waals surface area (Å²) in [4.78, 5) is 4.64. The molecule has 0 atom stereocenters. The summed E-state index contributed by atoms with van der Waals surface area (Å²) in [6, 6.07) is 13.5. The molecule has 0 saturated carbocycles. The number of aliphatic hydroxyl groups excluding tert-OH is 2. The van der Waals surface area contributed by atoms with Crippen molar-refractivity contribution in [1.82, 2.24) is 9.55 Å². The average molecular weight is 413 g/mol. The lowest BCUT2D eigenvalue weighted by Gasteiger charge is -2.15. The van der Waals surface area contributed by atoms with Crippen molar-refractivity contribution in [2.45, 2.75) is 23.7 Å². The lowest BCUT2D eigenvalue weighted by atomic mass is 10.2. The van der Waals surface area contributed by atoms with E-state index in [1.165, 1.54) is 5.56 Å². The highest BCUT2D eigenvalue weighted by atomic mass is 35.5. The molecule has 1 heterocycles. The lowest BCUT2D eigenvalue weighted by Crippen LogP contribution is -2.23. The van der Waals surface area contributed by atoms with E-state index in [0.29, 0.717) is 15.6 Å². The maximum Gasteiger partial charge on any atom is 0.171 e. The van der Waals surface area contributed by atoms with Gasteiger partial charge in [0.2, 0.25) is 0 Å². The Morgan fingerprint density at radius 2 is 1.77 bits per heavy atom. The Bertz CT molecular complexity index is 870. The lowest BCUT2D eigenvalue weighted by molar-refractivity contribution is -0.0510. The first-order chi connectivity index (χ1) is 12.6. The summed E-state index contributed by atoms with van der Waals surface area (Å²) in [5.74, 6) is 0.745. The molecule has 0 aliphatic heterocycles. The van der Waals surface area contributed by atoms with Crippen molar-refractivity contribution < 1.29 is 14.9 Å². The van der Waals surface area contributed by atoms with Crippen LogP contribution in [0.1, 0.15) is 5.56 Å². The molecule has 138 valence electrons. The number of aromatic nitrogens is 2. The monoisotopic (exact) mass is 412 g/mol. The summed E-state index contributed by atoms with van der Waals surface area (Å²) in [5, 5.41) is 20.0. The van der Waals surface area contributed by atoms with Crippen molar-refractivity contribution in [2.24, 2.45) is 0 Å². The van der Waals surface area contributed by atoms with Gasteiger partial charge >= 0.3 is 0 Å². The fraction of sp³-hybridized carbons (Fsp3) is 0.278. The van der Waals surface area contributed by atoms with Crippen LogP contribution in [0.25, 0.3) is 11.0 Å². The SMILES string of the molecule is OCC(CO)OCn1c(SCc2ccccc2)nc2cc(Cl)c(Cl)cc21. The Kier molecular flexibility index (Phi) is 6.80. The third-order valence-electron chi connectivity index (χ3n) is 3.81. The van der Waals surface area contributed by atoms with Gasteiger partial charge in [-0.3, -0.25) is 4.57 Å². The van der Waals surface area contributed by atoms with Crippen molar-refractivity contribution in [1.29, 1.82) is 0 Å². The van der Waals surface area contributed by atoms with Crippen LogP contribution in [0.2, 0.25) is 10.0 Å².